The van der Waals surface area contributed by atoms with Gasteiger partial charge in [0.2, 0.25) is 0 Å². The molecule has 6 heteroatoms. The first-order valence-electron chi connectivity index (χ1n) is 11.5. The van der Waals surface area contributed by atoms with Crippen molar-refractivity contribution >= 4 is 18.7 Å². The summed E-state index contributed by atoms with van der Waals surface area (Å²) in [6.45, 7) is 14.5. The molecule has 3 rings (SSSR count). The van der Waals surface area contributed by atoms with Gasteiger partial charge in [-0.25, -0.2) is 0 Å². The van der Waals surface area contributed by atoms with Gasteiger partial charge in [-0.2, -0.15) is 0 Å². The van der Waals surface area contributed by atoms with Crippen molar-refractivity contribution in [1.29, 1.82) is 0 Å². The maximum atomic E-state index is 10.5. The molecule has 0 bridgehead atoms. The minimum atomic E-state index is -2.73. The van der Waals surface area contributed by atoms with Crippen LogP contribution in [-0.2, 0) is 18.6 Å². The van der Waals surface area contributed by atoms with Crippen molar-refractivity contribution in [3.8, 4) is 0 Å². The minimum Gasteiger partial charge on any atom is -0.405 e. The normalized spacial score (nSPS) is 22.6. The lowest BCUT2D eigenvalue weighted by Gasteiger charge is -2.43. The molecule has 0 radical (unpaired) electrons. The molecule has 0 aromatic heterocycles. The third-order valence-electron chi connectivity index (χ3n) is 6.28. The summed E-state index contributed by atoms with van der Waals surface area (Å²) >= 11 is 0. The average Bonchev–Trinajstić information content (AvgIpc) is 3.09. The molecule has 1 heterocycles. The zero-order valence-electron chi connectivity index (χ0n) is 20.7. The summed E-state index contributed by atoms with van der Waals surface area (Å²) in [5, 5.41) is 12.7. The third-order valence-corrected chi connectivity index (χ3v) is 11.3. The van der Waals surface area contributed by atoms with E-state index < -0.39 is 38.5 Å². The number of rotatable bonds is 9. The topological polar surface area (TPSA) is 57.2 Å². The van der Waals surface area contributed by atoms with Gasteiger partial charge in [0.25, 0.3) is 8.32 Å². The quantitative estimate of drug-likeness (QED) is 0.448. The summed E-state index contributed by atoms with van der Waals surface area (Å²) in [5.74, 6) is -0.818. The van der Waals surface area contributed by atoms with Crippen molar-refractivity contribution in [1.82, 2.24) is 0 Å². The molecule has 2 aromatic rings. The Balaban J connectivity index is 2.02. The highest BCUT2D eigenvalue weighted by atomic mass is 28.4. The highest BCUT2D eigenvalue weighted by Crippen LogP contribution is 2.38. The van der Waals surface area contributed by atoms with E-state index in [1.165, 1.54) is 16.4 Å². The van der Waals surface area contributed by atoms with E-state index in [1.54, 1.807) is 7.11 Å². The van der Waals surface area contributed by atoms with E-state index in [9.17, 15) is 5.11 Å². The second-order valence-corrected chi connectivity index (χ2v) is 14.3. The van der Waals surface area contributed by atoms with Crippen LogP contribution in [0.2, 0.25) is 5.04 Å². The largest absolute Gasteiger partial charge is 0.405 e. The van der Waals surface area contributed by atoms with Crippen LogP contribution < -0.4 is 10.4 Å². The van der Waals surface area contributed by atoms with Crippen molar-refractivity contribution in [2.24, 2.45) is 0 Å². The van der Waals surface area contributed by atoms with Crippen LogP contribution in [0, 0.1) is 0 Å². The second-order valence-electron chi connectivity index (χ2n) is 10.0. The molecule has 33 heavy (non-hydrogen) atoms. The van der Waals surface area contributed by atoms with E-state index in [4.69, 9.17) is 18.6 Å². The fraction of sp³-hybridized carbons (Fsp3) is 0.481. The fourth-order valence-corrected chi connectivity index (χ4v) is 9.41. The van der Waals surface area contributed by atoms with Gasteiger partial charge >= 0.3 is 0 Å². The van der Waals surface area contributed by atoms with Gasteiger partial charge < -0.3 is 23.7 Å². The smallest absolute Gasteiger partial charge is 0.261 e. The van der Waals surface area contributed by atoms with Crippen LogP contribution >= 0.6 is 0 Å². The van der Waals surface area contributed by atoms with Gasteiger partial charge in [-0.1, -0.05) is 87.5 Å². The molecular weight excluding hydrogens is 432 g/mol. The van der Waals surface area contributed by atoms with Crippen molar-refractivity contribution < 1.29 is 23.7 Å². The zero-order chi connectivity index (χ0) is 24.3. The zero-order valence-corrected chi connectivity index (χ0v) is 21.7. The van der Waals surface area contributed by atoms with Crippen LogP contribution in [0.1, 0.15) is 34.6 Å². The van der Waals surface area contributed by atoms with E-state index in [1.807, 2.05) is 26.0 Å². The molecule has 1 N–H and O–H groups in total. The molecule has 1 unspecified atom stereocenters. The summed E-state index contributed by atoms with van der Waals surface area (Å²) in [6.07, 6.45) is -0.953. The van der Waals surface area contributed by atoms with Crippen molar-refractivity contribution in [2.45, 2.75) is 69.9 Å². The highest BCUT2D eigenvalue weighted by molar-refractivity contribution is 6.99. The number of aliphatic hydroxyl groups is 1. The molecule has 0 amide bonds. The number of aliphatic hydroxyl groups excluding tert-OH is 1. The average molecular weight is 471 g/mol. The lowest BCUT2D eigenvalue weighted by atomic mass is 10.0. The van der Waals surface area contributed by atoms with Crippen LogP contribution in [0.5, 0.6) is 0 Å². The standard InChI is InChI=1S/C27H38O5Si/c1-8-22(28)24(29-7)25-23(31-27(5,6)32-25)19-30-33(26(2,3)4,20-15-11-9-12-16-20)21-17-13-10-14-18-21/h8-18,22-25,28H,1,19H2,2-7H3/t22?,23-,24-,25-/m0/s1. The fourth-order valence-electron chi connectivity index (χ4n) is 4.84. The first-order chi connectivity index (χ1) is 15.6. The van der Waals surface area contributed by atoms with E-state index in [2.05, 4.69) is 75.9 Å². The summed E-state index contributed by atoms with van der Waals surface area (Å²) in [7, 11) is -1.17. The van der Waals surface area contributed by atoms with Crippen molar-refractivity contribution in [3.05, 3.63) is 73.3 Å². The SMILES string of the molecule is C=CC(O)[C@H](OC)[C@H]1OC(C)(C)O[C@H]1CO[Si](c1ccccc1)(c1ccccc1)C(C)(C)C. The van der Waals surface area contributed by atoms with Gasteiger partial charge in [0.1, 0.15) is 24.4 Å². The van der Waals surface area contributed by atoms with Gasteiger partial charge in [0.15, 0.2) is 5.79 Å². The van der Waals surface area contributed by atoms with E-state index in [0.29, 0.717) is 6.61 Å². The van der Waals surface area contributed by atoms with Crippen LogP contribution in [0.4, 0.5) is 0 Å². The molecule has 1 saturated heterocycles. The molecule has 1 aliphatic heterocycles. The van der Waals surface area contributed by atoms with E-state index >= 15 is 0 Å². The first-order valence-corrected chi connectivity index (χ1v) is 13.4. The summed E-state index contributed by atoms with van der Waals surface area (Å²) in [6, 6.07) is 21.0. The number of benzene rings is 2. The van der Waals surface area contributed by atoms with E-state index in [0.717, 1.165) is 0 Å². The minimum absolute atomic E-state index is 0.151. The maximum absolute atomic E-state index is 10.5. The Kier molecular flexibility index (Phi) is 7.99. The number of ether oxygens (including phenoxy) is 3. The Bertz CT molecular complexity index is 854. The molecule has 4 atom stereocenters. The van der Waals surface area contributed by atoms with Crippen LogP contribution in [0.15, 0.2) is 73.3 Å². The van der Waals surface area contributed by atoms with E-state index in [-0.39, 0.29) is 5.04 Å². The molecule has 1 aliphatic rings. The van der Waals surface area contributed by atoms with Gasteiger partial charge in [0, 0.05) is 7.11 Å². The third kappa shape index (κ3) is 5.32. The molecule has 0 aliphatic carbocycles. The summed E-state index contributed by atoms with van der Waals surface area (Å²) in [5.41, 5.74) is 0. The Hall–Kier alpha value is -1.80. The predicted molar refractivity (Wildman–Crippen MR) is 134 cm³/mol. The summed E-state index contributed by atoms with van der Waals surface area (Å²) < 4.78 is 25.1. The van der Waals surface area contributed by atoms with Gasteiger partial charge in [-0.05, 0) is 29.3 Å². The van der Waals surface area contributed by atoms with Gasteiger partial charge in [-0.15, -0.1) is 6.58 Å². The second kappa shape index (κ2) is 10.2. The van der Waals surface area contributed by atoms with Gasteiger partial charge in [-0.3, -0.25) is 0 Å². The first kappa shape index (κ1) is 25.8. The Labute approximate surface area is 199 Å². The molecule has 0 spiro atoms. The molecule has 0 saturated carbocycles. The predicted octanol–water partition coefficient (Wildman–Crippen LogP) is 3.65. The number of hydrogen-bond acceptors (Lipinski definition) is 5. The molecule has 180 valence electrons. The lowest BCUT2D eigenvalue weighted by Crippen LogP contribution is -2.67. The van der Waals surface area contributed by atoms with Crippen molar-refractivity contribution in [3.63, 3.8) is 0 Å². The van der Waals surface area contributed by atoms with Gasteiger partial charge in [0.05, 0.1) is 6.61 Å². The summed E-state index contributed by atoms with van der Waals surface area (Å²) in [4.78, 5) is 0. The Morgan fingerprint density at radius 1 is 1.03 bits per heavy atom. The molecule has 5 nitrogen and oxygen atoms in total. The Morgan fingerprint density at radius 2 is 1.55 bits per heavy atom. The molecule has 2 aromatic carbocycles. The number of hydrogen-bond donors (Lipinski definition) is 1. The van der Waals surface area contributed by atoms with Crippen LogP contribution in [0.25, 0.3) is 0 Å². The molecule has 1 fully saturated rings. The monoisotopic (exact) mass is 470 g/mol. The molecular formula is C27H38O5Si. The van der Waals surface area contributed by atoms with Crippen LogP contribution in [-0.4, -0.2) is 57.3 Å². The maximum Gasteiger partial charge on any atom is 0.261 e. The van der Waals surface area contributed by atoms with Crippen molar-refractivity contribution in [2.75, 3.05) is 13.7 Å². The van der Waals surface area contributed by atoms with Crippen LogP contribution in [0.3, 0.4) is 0 Å². The highest BCUT2D eigenvalue weighted by Gasteiger charge is 2.53. The number of methoxy groups -OCH3 is 1. The lowest BCUT2D eigenvalue weighted by molar-refractivity contribution is -0.164. The Morgan fingerprint density at radius 3 is 1.97 bits per heavy atom.